The number of nitrogens with one attached hydrogen (secondary N) is 1. The lowest BCUT2D eigenvalue weighted by Gasteiger charge is -2.26. The predicted molar refractivity (Wildman–Crippen MR) is 81.8 cm³/mol. The quantitative estimate of drug-likeness (QED) is 0.829. The number of carbonyl (C=O) groups excluding carboxylic acids is 1. The summed E-state index contributed by atoms with van der Waals surface area (Å²) in [7, 11) is 0. The highest BCUT2D eigenvalue weighted by Crippen LogP contribution is 2.39. The molecule has 0 unspecified atom stereocenters. The second-order valence-electron chi connectivity index (χ2n) is 6.07. The molecule has 0 atom stereocenters. The van der Waals surface area contributed by atoms with Gasteiger partial charge >= 0.3 is 12.1 Å². The molecule has 0 saturated heterocycles. The number of carbonyl (C=O) groups is 1. The third-order valence-corrected chi connectivity index (χ3v) is 4.39. The van der Waals surface area contributed by atoms with E-state index in [1.165, 1.54) is 12.1 Å². The summed E-state index contributed by atoms with van der Waals surface area (Å²) in [5.41, 5.74) is -0.661. The van der Waals surface area contributed by atoms with Crippen LogP contribution in [0.15, 0.2) is 12.1 Å². The Balaban J connectivity index is 1.81. The minimum Gasteiger partial charge on any atom is -0.466 e. The summed E-state index contributed by atoms with van der Waals surface area (Å²) in [5.74, 6) is -1.25. The number of hydrogen-bond donors (Lipinski definition) is 1. The molecule has 0 amide bonds. The van der Waals surface area contributed by atoms with Gasteiger partial charge in [-0.15, -0.1) is 15.3 Å². The van der Waals surface area contributed by atoms with Crippen LogP contribution in [0.3, 0.4) is 0 Å². The molecule has 0 aromatic carbocycles. The smallest absolute Gasteiger partial charge is 0.453 e. The van der Waals surface area contributed by atoms with Gasteiger partial charge in [0, 0.05) is 6.54 Å². The molecule has 0 radical (unpaired) electrons. The molecular weight excluding hydrogens is 339 g/mol. The van der Waals surface area contributed by atoms with Crippen LogP contribution in [0.2, 0.25) is 0 Å². The first-order valence-corrected chi connectivity index (χ1v) is 8.06. The summed E-state index contributed by atoms with van der Waals surface area (Å²) in [6, 6.07) is 2.90. The van der Waals surface area contributed by atoms with Crippen molar-refractivity contribution in [2.75, 3.05) is 18.5 Å². The Kier molecular flexibility index (Phi) is 4.53. The van der Waals surface area contributed by atoms with Gasteiger partial charge in [-0.2, -0.15) is 17.7 Å². The Bertz CT molecular complexity index is 768. The highest BCUT2D eigenvalue weighted by molar-refractivity contribution is 5.78. The summed E-state index contributed by atoms with van der Waals surface area (Å²) >= 11 is 0. The lowest BCUT2D eigenvalue weighted by atomic mass is 9.86. The minimum absolute atomic E-state index is 0.00107. The van der Waals surface area contributed by atoms with Crippen LogP contribution in [0.5, 0.6) is 0 Å². The molecule has 7 nitrogen and oxygen atoms in total. The SMILES string of the molecule is CCOC(=O)C1(CNc2ccc3nnc(C(F)(F)F)n3n2)CCCC1. The molecular formula is C15H18F3N5O2. The van der Waals surface area contributed by atoms with Crippen molar-refractivity contribution in [1.82, 2.24) is 19.8 Å². The first-order valence-electron chi connectivity index (χ1n) is 8.06. The van der Waals surface area contributed by atoms with E-state index in [0.717, 1.165) is 12.8 Å². The lowest BCUT2D eigenvalue weighted by molar-refractivity contribution is -0.154. The van der Waals surface area contributed by atoms with Crippen LogP contribution in [-0.4, -0.2) is 38.9 Å². The van der Waals surface area contributed by atoms with Crippen molar-refractivity contribution >= 4 is 17.4 Å². The van der Waals surface area contributed by atoms with E-state index in [9.17, 15) is 18.0 Å². The van der Waals surface area contributed by atoms with Gasteiger partial charge < -0.3 is 10.1 Å². The van der Waals surface area contributed by atoms with Crippen LogP contribution in [0.4, 0.5) is 19.0 Å². The fraction of sp³-hybridized carbons (Fsp3) is 0.600. The molecule has 2 heterocycles. The number of aromatic nitrogens is 4. The van der Waals surface area contributed by atoms with Gasteiger partial charge in [0.15, 0.2) is 5.65 Å². The van der Waals surface area contributed by atoms with Crippen LogP contribution in [0, 0.1) is 5.41 Å². The van der Waals surface area contributed by atoms with Crippen LogP contribution < -0.4 is 5.32 Å². The zero-order chi connectivity index (χ0) is 18.1. The van der Waals surface area contributed by atoms with E-state index in [1.54, 1.807) is 6.92 Å². The maximum absolute atomic E-state index is 12.9. The van der Waals surface area contributed by atoms with Gasteiger partial charge in [-0.25, -0.2) is 0 Å². The molecule has 0 bridgehead atoms. The van der Waals surface area contributed by atoms with Crippen molar-refractivity contribution in [3.8, 4) is 0 Å². The first-order chi connectivity index (χ1) is 11.9. The van der Waals surface area contributed by atoms with E-state index in [2.05, 4.69) is 20.6 Å². The molecule has 136 valence electrons. The molecule has 25 heavy (non-hydrogen) atoms. The van der Waals surface area contributed by atoms with Gasteiger partial charge in [0.2, 0.25) is 0 Å². The van der Waals surface area contributed by atoms with Crippen molar-refractivity contribution in [2.45, 2.75) is 38.8 Å². The molecule has 1 aliphatic carbocycles. The predicted octanol–water partition coefficient (Wildman–Crippen LogP) is 2.68. The van der Waals surface area contributed by atoms with Gasteiger partial charge in [0.1, 0.15) is 5.82 Å². The number of fused-ring (bicyclic) bond motifs is 1. The first kappa shape index (κ1) is 17.4. The Morgan fingerprint density at radius 3 is 2.68 bits per heavy atom. The molecule has 1 aliphatic rings. The highest BCUT2D eigenvalue weighted by atomic mass is 19.4. The molecule has 0 aliphatic heterocycles. The largest absolute Gasteiger partial charge is 0.466 e. The zero-order valence-electron chi connectivity index (χ0n) is 13.6. The second-order valence-corrected chi connectivity index (χ2v) is 6.07. The van der Waals surface area contributed by atoms with Crippen LogP contribution in [0.25, 0.3) is 5.65 Å². The molecule has 3 rings (SSSR count). The highest BCUT2D eigenvalue weighted by Gasteiger charge is 2.42. The van der Waals surface area contributed by atoms with Crippen molar-refractivity contribution in [1.29, 1.82) is 0 Å². The van der Waals surface area contributed by atoms with Crippen molar-refractivity contribution < 1.29 is 22.7 Å². The Labute approximate surface area is 141 Å². The number of halogens is 3. The van der Waals surface area contributed by atoms with Gasteiger partial charge in [-0.3, -0.25) is 4.79 Å². The molecule has 1 N–H and O–H groups in total. The van der Waals surface area contributed by atoms with Crippen molar-refractivity contribution in [2.24, 2.45) is 5.41 Å². The number of esters is 1. The molecule has 10 heteroatoms. The molecule has 0 spiro atoms. The van der Waals surface area contributed by atoms with Crippen LogP contribution in [-0.2, 0) is 15.7 Å². The fourth-order valence-corrected chi connectivity index (χ4v) is 3.11. The molecule has 2 aromatic rings. The normalized spacial score (nSPS) is 17.0. The van der Waals surface area contributed by atoms with E-state index in [0.29, 0.717) is 24.0 Å². The Morgan fingerprint density at radius 1 is 1.32 bits per heavy atom. The molecule has 1 saturated carbocycles. The summed E-state index contributed by atoms with van der Waals surface area (Å²) in [4.78, 5) is 12.3. The standard InChI is InChI=1S/C15H18F3N5O2/c1-2-25-13(24)14(7-3-4-8-14)9-19-10-5-6-11-20-21-12(15(16,17)18)23(11)22-10/h5-6H,2-4,7-9H2,1H3,(H,19,22). The monoisotopic (exact) mass is 357 g/mol. The Morgan fingerprint density at radius 2 is 2.04 bits per heavy atom. The number of ether oxygens (including phenoxy) is 1. The summed E-state index contributed by atoms with van der Waals surface area (Å²) in [5, 5.41) is 13.5. The summed E-state index contributed by atoms with van der Waals surface area (Å²) in [6.07, 6.45) is -1.46. The third kappa shape index (κ3) is 3.38. The minimum atomic E-state index is -4.65. The van der Waals surface area contributed by atoms with E-state index in [4.69, 9.17) is 4.74 Å². The van der Waals surface area contributed by atoms with Gasteiger partial charge in [-0.05, 0) is 31.9 Å². The third-order valence-electron chi connectivity index (χ3n) is 4.39. The second kappa shape index (κ2) is 6.49. The summed E-state index contributed by atoms with van der Waals surface area (Å²) < 4.78 is 44.6. The topological polar surface area (TPSA) is 81.4 Å². The van der Waals surface area contributed by atoms with Crippen LogP contribution >= 0.6 is 0 Å². The van der Waals surface area contributed by atoms with Crippen molar-refractivity contribution in [3.05, 3.63) is 18.0 Å². The van der Waals surface area contributed by atoms with Crippen molar-refractivity contribution in [3.63, 3.8) is 0 Å². The lowest BCUT2D eigenvalue weighted by Crippen LogP contribution is -2.37. The van der Waals surface area contributed by atoms with Gasteiger partial charge in [0.05, 0.1) is 12.0 Å². The van der Waals surface area contributed by atoms with E-state index < -0.39 is 17.4 Å². The average molecular weight is 357 g/mol. The number of alkyl halides is 3. The van der Waals surface area contributed by atoms with E-state index in [1.807, 2.05) is 0 Å². The van der Waals surface area contributed by atoms with Gasteiger partial charge in [0.25, 0.3) is 5.82 Å². The molecule has 1 fully saturated rings. The zero-order valence-corrected chi connectivity index (χ0v) is 13.6. The van der Waals surface area contributed by atoms with E-state index in [-0.39, 0.29) is 24.0 Å². The van der Waals surface area contributed by atoms with Crippen LogP contribution in [0.1, 0.15) is 38.4 Å². The number of rotatable bonds is 5. The number of hydrogen-bond acceptors (Lipinski definition) is 6. The Hall–Kier alpha value is -2.39. The fourth-order valence-electron chi connectivity index (χ4n) is 3.11. The average Bonchev–Trinajstić information content (AvgIpc) is 3.20. The molecule has 2 aromatic heterocycles. The maximum Gasteiger partial charge on any atom is 0.453 e. The summed E-state index contributed by atoms with van der Waals surface area (Å²) in [6.45, 7) is 2.29. The van der Waals surface area contributed by atoms with E-state index >= 15 is 0 Å². The maximum atomic E-state index is 12.9. The van der Waals surface area contributed by atoms with Gasteiger partial charge in [-0.1, -0.05) is 12.8 Å². The number of anilines is 1. The number of nitrogens with zero attached hydrogens (tertiary/aromatic N) is 4.